The third-order valence-electron chi connectivity index (χ3n) is 5.82. The van der Waals surface area contributed by atoms with Crippen LogP contribution >= 0.6 is 11.6 Å². The van der Waals surface area contributed by atoms with Crippen LogP contribution in [0, 0.1) is 0 Å². The number of nitrogens with zero attached hydrogens (tertiary/aromatic N) is 1. The lowest BCUT2D eigenvalue weighted by Crippen LogP contribution is -1.97. The number of benzene rings is 3. The van der Waals surface area contributed by atoms with Crippen LogP contribution in [-0.2, 0) is 6.54 Å². The first kappa shape index (κ1) is 18.1. The highest BCUT2D eigenvalue weighted by atomic mass is 35.5. The van der Waals surface area contributed by atoms with E-state index in [2.05, 4.69) is 34.8 Å². The summed E-state index contributed by atoms with van der Waals surface area (Å²) in [6, 6.07) is 16.0. The van der Waals surface area contributed by atoms with E-state index in [1.165, 1.54) is 23.7 Å². The van der Waals surface area contributed by atoms with Crippen molar-refractivity contribution in [1.82, 2.24) is 9.55 Å². The zero-order valence-corrected chi connectivity index (χ0v) is 17.1. The van der Waals surface area contributed by atoms with Gasteiger partial charge in [0.15, 0.2) is 0 Å². The van der Waals surface area contributed by atoms with Crippen LogP contribution in [0.3, 0.4) is 0 Å². The predicted molar refractivity (Wildman–Crippen MR) is 123 cm³/mol. The van der Waals surface area contributed by atoms with E-state index >= 15 is 0 Å². The van der Waals surface area contributed by atoms with Gasteiger partial charge in [0.1, 0.15) is 5.75 Å². The fourth-order valence-corrected chi connectivity index (χ4v) is 4.70. The molecular weight excluding hydrogens is 380 g/mol. The van der Waals surface area contributed by atoms with Gasteiger partial charge < -0.3 is 14.7 Å². The number of unbranched alkanes of at least 4 members (excludes halogenated alkanes) is 2. The van der Waals surface area contributed by atoms with Crippen LogP contribution in [0.25, 0.3) is 43.7 Å². The van der Waals surface area contributed by atoms with Gasteiger partial charge >= 0.3 is 0 Å². The standard InChI is InChI=1S/C25H23ClN2O/c1-2-3-6-11-28-23-10-9-16(29)12-19(23)25-21-15-27-14-20(21)18(13-24(25)28)17-7-4-5-8-22(17)26/h4-5,7-10,12-15,27,29H,2-3,6,11H2,1H3. The fourth-order valence-electron chi connectivity index (χ4n) is 4.47. The molecule has 0 aliphatic rings. The summed E-state index contributed by atoms with van der Waals surface area (Å²) in [7, 11) is 0. The molecule has 0 aliphatic heterocycles. The number of aromatic hydroxyl groups is 1. The number of phenolic OH excluding ortho intramolecular Hbond substituents is 1. The van der Waals surface area contributed by atoms with Gasteiger partial charge in [-0.05, 0) is 42.3 Å². The minimum Gasteiger partial charge on any atom is -0.508 e. The molecule has 0 atom stereocenters. The van der Waals surface area contributed by atoms with E-state index in [4.69, 9.17) is 11.6 Å². The Morgan fingerprint density at radius 1 is 0.897 bits per heavy atom. The number of aromatic amines is 1. The Balaban J connectivity index is 1.90. The van der Waals surface area contributed by atoms with E-state index in [-0.39, 0.29) is 0 Å². The number of hydrogen-bond donors (Lipinski definition) is 2. The summed E-state index contributed by atoms with van der Waals surface area (Å²) in [6.45, 7) is 3.18. The highest BCUT2D eigenvalue weighted by molar-refractivity contribution is 6.34. The summed E-state index contributed by atoms with van der Waals surface area (Å²) in [4.78, 5) is 3.29. The third-order valence-corrected chi connectivity index (χ3v) is 6.15. The molecule has 4 heteroatoms. The first-order valence-electron chi connectivity index (χ1n) is 10.2. The SMILES string of the molecule is CCCCCn1c2ccc(O)cc2c2c3c[nH]cc3c(-c3ccccc3Cl)cc21. The molecule has 0 fully saturated rings. The first-order chi connectivity index (χ1) is 14.2. The van der Waals surface area contributed by atoms with E-state index in [9.17, 15) is 5.11 Å². The number of fused-ring (bicyclic) bond motifs is 5. The minimum atomic E-state index is 0.295. The molecule has 146 valence electrons. The van der Waals surface area contributed by atoms with Crippen molar-refractivity contribution in [2.24, 2.45) is 0 Å². The molecule has 2 heterocycles. The molecule has 0 saturated heterocycles. The molecule has 0 radical (unpaired) electrons. The molecule has 5 rings (SSSR count). The minimum absolute atomic E-state index is 0.295. The van der Waals surface area contributed by atoms with Gasteiger partial charge in [0.05, 0.1) is 5.52 Å². The summed E-state index contributed by atoms with van der Waals surface area (Å²) in [5, 5.41) is 15.5. The van der Waals surface area contributed by atoms with Crippen molar-refractivity contribution in [3.05, 3.63) is 65.9 Å². The van der Waals surface area contributed by atoms with E-state index < -0.39 is 0 Å². The van der Waals surface area contributed by atoms with Crippen LogP contribution in [0.4, 0.5) is 0 Å². The molecule has 0 amide bonds. The lowest BCUT2D eigenvalue weighted by molar-refractivity contribution is 0.476. The lowest BCUT2D eigenvalue weighted by Gasteiger charge is -2.11. The smallest absolute Gasteiger partial charge is 0.116 e. The molecular formula is C25H23ClN2O. The van der Waals surface area contributed by atoms with Gasteiger partial charge in [-0.15, -0.1) is 0 Å². The maximum Gasteiger partial charge on any atom is 0.116 e. The number of hydrogen-bond acceptors (Lipinski definition) is 1. The van der Waals surface area contributed by atoms with Crippen molar-refractivity contribution < 1.29 is 5.11 Å². The highest BCUT2D eigenvalue weighted by Gasteiger charge is 2.18. The largest absolute Gasteiger partial charge is 0.508 e. The number of aryl methyl sites for hydroxylation is 1. The quantitative estimate of drug-likeness (QED) is 0.294. The second-order valence-electron chi connectivity index (χ2n) is 7.64. The Morgan fingerprint density at radius 2 is 1.72 bits per heavy atom. The number of phenols is 1. The highest BCUT2D eigenvalue weighted by Crippen LogP contribution is 2.42. The first-order valence-corrected chi connectivity index (χ1v) is 10.6. The number of aromatic nitrogens is 2. The molecule has 5 aromatic rings. The van der Waals surface area contributed by atoms with Gasteiger partial charge in [0.2, 0.25) is 0 Å². The van der Waals surface area contributed by atoms with E-state index in [0.29, 0.717) is 5.75 Å². The van der Waals surface area contributed by atoms with Gasteiger partial charge in [0.25, 0.3) is 0 Å². The van der Waals surface area contributed by atoms with Crippen LogP contribution in [0.2, 0.25) is 5.02 Å². The van der Waals surface area contributed by atoms with E-state index in [0.717, 1.165) is 50.8 Å². The van der Waals surface area contributed by atoms with Gasteiger partial charge in [-0.2, -0.15) is 0 Å². The molecule has 0 aliphatic carbocycles. The molecule has 0 unspecified atom stereocenters. The van der Waals surface area contributed by atoms with Crippen molar-refractivity contribution in [1.29, 1.82) is 0 Å². The average molecular weight is 403 g/mol. The van der Waals surface area contributed by atoms with Crippen molar-refractivity contribution in [2.45, 2.75) is 32.7 Å². The van der Waals surface area contributed by atoms with Gasteiger partial charge in [0, 0.05) is 56.6 Å². The molecule has 0 saturated carbocycles. The van der Waals surface area contributed by atoms with Crippen LogP contribution in [0.15, 0.2) is 60.9 Å². The molecule has 3 aromatic carbocycles. The number of nitrogens with one attached hydrogen (secondary N) is 1. The summed E-state index contributed by atoms with van der Waals surface area (Å²) < 4.78 is 2.40. The fraction of sp³-hybridized carbons (Fsp3) is 0.200. The number of rotatable bonds is 5. The van der Waals surface area contributed by atoms with Gasteiger partial charge in [-0.1, -0.05) is 49.6 Å². The second-order valence-corrected chi connectivity index (χ2v) is 8.05. The Kier molecular flexibility index (Phi) is 4.48. The Bertz CT molecular complexity index is 1350. The molecule has 0 spiro atoms. The summed E-state index contributed by atoms with van der Waals surface area (Å²) in [6.07, 6.45) is 7.60. The predicted octanol–water partition coefficient (Wildman–Crippen LogP) is 7.49. The van der Waals surface area contributed by atoms with E-state index in [1.54, 1.807) is 6.07 Å². The normalized spacial score (nSPS) is 11.8. The second kappa shape index (κ2) is 7.16. The lowest BCUT2D eigenvalue weighted by atomic mass is 9.97. The van der Waals surface area contributed by atoms with E-state index in [1.807, 2.05) is 36.5 Å². The summed E-state index contributed by atoms with van der Waals surface area (Å²) >= 11 is 6.57. The zero-order valence-electron chi connectivity index (χ0n) is 16.4. The summed E-state index contributed by atoms with van der Waals surface area (Å²) in [5.74, 6) is 0.295. The van der Waals surface area contributed by atoms with Crippen LogP contribution in [-0.4, -0.2) is 14.7 Å². The van der Waals surface area contributed by atoms with Crippen molar-refractivity contribution in [3.8, 4) is 16.9 Å². The molecule has 2 N–H and O–H groups in total. The van der Waals surface area contributed by atoms with Gasteiger partial charge in [-0.25, -0.2) is 0 Å². The van der Waals surface area contributed by atoms with Crippen LogP contribution < -0.4 is 0 Å². The van der Waals surface area contributed by atoms with Gasteiger partial charge in [-0.3, -0.25) is 0 Å². The molecule has 29 heavy (non-hydrogen) atoms. The van der Waals surface area contributed by atoms with Crippen LogP contribution in [0.5, 0.6) is 5.75 Å². The monoisotopic (exact) mass is 402 g/mol. The third kappa shape index (κ3) is 2.89. The maximum atomic E-state index is 10.2. The van der Waals surface area contributed by atoms with Crippen molar-refractivity contribution in [3.63, 3.8) is 0 Å². The topological polar surface area (TPSA) is 41.0 Å². The van der Waals surface area contributed by atoms with Crippen molar-refractivity contribution in [2.75, 3.05) is 0 Å². The van der Waals surface area contributed by atoms with Crippen LogP contribution in [0.1, 0.15) is 26.2 Å². The maximum absolute atomic E-state index is 10.2. The summed E-state index contributed by atoms with van der Waals surface area (Å²) in [5.41, 5.74) is 4.51. The molecule has 0 bridgehead atoms. The Labute approximate surface area is 174 Å². The number of H-pyrrole nitrogens is 1. The Morgan fingerprint density at radius 3 is 2.55 bits per heavy atom. The molecule has 2 aromatic heterocycles. The van der Waals surface area contributed by atoms with Crippen molar-refractivity contribution >= 4 is 44.2 Å². The number of halogens is 1. The molecule has 3 nitrogen and oxygen atoms in total. The Hall–Kier alpha value is -2.91. The average Bonchev–Trinajstić information content (AvgIpc) is 3.31. The zero-order chi connectivity index (χ0) is 20.0.